The highest BCUT2D eigenvalue weighted by atomic mass is 19.1. The van der Waals surface area contributed by atoms with Crippen molar-refractivity contribution in [2.24, 2.45) is 0 Å². The molecule has 0 atom stereocenters. The molecule has 6 heteroatoms. The minimum atomic E-state index is -0.349. The normalized spacial score (nSPS) is 10.3. The molecule has 0 fully saturated rings. The summed E-state index contributed by atoms with van der Waals surface area (Å²) in [5, 5.41) is 10.3. The van der Waals surface area contributed by atoms with E-state index in [1.165, 1.54) is 24.3 Å². The third-order valence-electron chi connectivity index (χ3n) is 2.43. The van der Waals surface area contributed by atoms with Gasteiger partial charge in [-0.15, -0.1) is 5.10 Å². The zero-order valence-electron chi connectivity index (χ0n) is 9.71. The Balaban J connectivity index is 1.73. The van der Waals surface area contributed by atoms with Gasteiger partial charge < -0.3 is 5.32 Å². The van der Waals surface area contributed by atoms with Crippen LogP contribution in [0.5, 0.6) is 0 Å². The predicted octanol–water partition coefficient (Wildman–Crippen LogP) is 1.24. The highest BCUT2D eigenvalue weighted by molar-refractivity contribution is 5.94. The molecule has 2 aromatic rings. The Morgan fingerprint density at radius 2 is 2.11 bits per heavy atom. The van der Waals surface area contributed by atoms with Gasteiger partial charge in [-0.1, -0.05) is 5.21 Å². The van der Waals surface area contributed by atoms with Gasteiger partial charge >= 0.3 is 0 Å². The smallest absolute Gasteiger partial charge is 0.251 e. The summed E-state index contributed by atoms with van der Waals surface area (Å²) >= 11 is 0. The van der Waals surface area contributed by atoms with E-state index in [4.69, 9.17) is 0 Å². The SMILES string of the molecule is O=C(NCCCn1ccnn1)c1ccc(F)cc1. The monoisotopic (exact) mass is 248 g/mol. The number of carbonyl (C=O) groups is 1. The molecule has 1 heterocycles. The molecular formula is C12H13FN4O. The Kier molecular flexibility index (Phi) is 4.01. The highest BCUT2D eigenvalue weighted by Crippen LogP contribution is 2.02. The molecule has 0 radical (unpaired) electrons. The van der Waals surface area contributed by atoms with Gasteiger partial charge in [0.15, 0.2) is 0 Å². The number of carbonyl (C=O) groups excluding carboxylic acids is 1. The van der Waals surface area contributed by atoms with E-state index in [-0.39, 0.29) is 11.7 Å². The lowest BCUT2D eigenvalue weighted by atomic mass is 10.2. The van der Waals surface area contributed by atoms with Crippen molar-refractivity contribution in [2.75, 3.05) is 6.54 Å². The number of amides is 1. The molecule has 1 N–H and O–H groups in total. The Morgan fingerprint density at radius 1 is 1.33 bits per heavy atom. The fraction of sp³-hybridized carbons (Fsp3) is 0.250. The molecule has 94 valence electrons. The van der Waals surface area contributed by atoms with Gasteiger partial charge in [0.2, 0.25) is 0 Å². The molecule has 0 aliphatic heterocycles. The van der Waals surface area contributed by atoms with Crippen LogP contribution in [0, 0.1) is 5.82 Å². The molecule has 0 bridgehead atoms. The van der Waals surface area contributed by atoms with Crippen molar-refractivity contribution in [3.8, 4) is 0 Å². The molecule has 0 aliphatic rings. The maximum atomic E-state index is 12.7. The first kappa shape index (κ1) is 12.2. The van der Waals surface area contributed by atoms with E-state index in [2.05, 4.69) is 15.6 Å². The molecule has 1 amide bonds. The predicted molar refractivity (Wildman–Crippen MR) is 63.4 cm³/mol. The van der Waals surface area contributed by atoms with Gasteiger partial charge in [0.05, 0.1) is 6.20 Å². The minimum absolute atomic E-state index is 0.200. The Bertz CT molecular complexity index is 495. The second-order valence-electron chi connectivity index (χ2n) is 3.78. The molecule has 1 aromatic carbocycles. The van der Waals surface area contributed by atoms with Crippen LogP contribution in [0.15, 0.2) is 36.7 Å². The minimum Gasteiger partial charge on any atom is -0.352 e. The van der Waals surface area contributed by atoms with E-state index < -0.39 is 0 Å². The van der Waals surface area contributed by atoms with E-state index in [1.54, 1.807) is 17.1 Å². The van der Waals surface area contributed by atoms with Gasteiger partial charge in [-0.05, 0) is 30.7 Å². The van der Waals surface area contributed by atoms with Crippen LogP contribution < -0.4 is 5.32 Å². The number of halogens is 1. The van der Waals surface area contributed by atoms with Crippen molar-refractivity contribution >= 4 is 5.91 Å². The first-order chi connectivity index (χ1) is 8.75. The summed E-state index contributed by atoms with van der Waals surface area (Å²) < 4.78 is 14.4. The molecule has 0 saturated carbocycles. The van der Waals surface area contributed by atoms with Gasteiger partial charge in [-0.3, -0.25) is 9.48 Å². The number of benzene rings is 1. The first-order valence-electron chi connectivity index (χ1n) is 5.63. The molecule has 0 unspecified atom stereocenters. The number of nitrogens with one attached hydrogen (secondary N) is 1. The van der Waals surface area contributed by atoms with E-state index in [1.807, 2.05) is 0 Å². The van der Waals surface area contributed by atoms with Crippen molar-refractivity contribution in [1.82, 2.24) is 20.3 Å². The van der Waals surface area contributed by atoms with Crippen LogP contribution in [0.4, 0.5) is 4.39 Å². The summed E-state index contributed by atoms with van der Waals surface area (Å²) in [7, 11) is 0. The number of rotatable bonds is 5. The van der Waals surface area contributed by atoms with Crippen LogP contribution in [0.3, 0.4) is 0 Å². The molecule has 0 aliphatic carbocycles. The number of aryl methyl sites for hydroxylation is 1. The summed E-state index contributed by atoms with van der Waals surface area (Å²) in [6.07, 6.45) is 4.13. The van der Waals surface area contributed by atoms with Gasteiger partial charge in [-0.25, -0.2) is 4.39 Å². The van der Waals surface area contributed by atoms with Crippen molar-refractivity contribution in [3.63, 3.8) is 0 Å². The Morgan fingerprint density at radius 3 is 2.78 bits per heavy atom. The molecule has 1 aromatic heterocycles. The molecule has 18 heavy (non-hydrogen) atoms. The van der Waals surface area contributed by atoms with Crippen LogP contribution in [0.1, 0.15) is 16.8 Å². The van der Waals surface area contributed by atoms with Crippen LogP contribution in [0.25, 0.3) is 0 Å². The zero-order chi connectivity index (χ0) is 12.8. The van der Waals surface area contributed by atoms with E-state index in [0.717, 1.165) is 6.42 Å². The molecule has 2 rings (SSSR count). The maximum Gasteiger partial charge on any atom is 0.251 e. The number of hydrogen-bond donors (Lipinski definition) is 1. The fourth-order valence-corrected chi connectivity index (χ4v) is 1.50. The molecule has 0 spiro atoms. The van der Waals surface area contributed by atoms with E-state index in [0.29, 0.717) is 18.7 Å². The quantitative estimate of drug-likeness (QED) is 0.810. The van der Waals surface area contributed by atoms with Crippen molar-refractivity contribution < 1.29 is 9.18 Å². The van der Waals surface area contributed by atoms with Crippen LogP contribution in [0.2, 0.25) is 0 Å². The largest absolute Gasteiger partial charge is 0.352 e. The third kappa shape index (κ3) is 3.38. The number of hydrogen-bond acceptors (Lipinski definition) is 3. The van der Waals surface area contributed by atoms with Gasteiger partial charge in [0.1, 0.15) is 5.82 Å². The number of aromatic nitrogens is 3. The summed E-state index contributed by atoms with van der Waals surface area (Å²) in [6.45, 7) is 1.24. The lowest BCUT2D eigenvalue weighted by molar-refractivity contribution is 0.0952. The maximum absolute atomic E-state index is 12.7. The van der Waals surface area contributed by atoms with Crippen LogP contribution in [-0.4, -0.2) is 27.4 Å². The van der Waals surface area contributed by atoms with Crippen molar-refractivity contribution in [3.05, 3.63) is 48.0 Å². The average molecular weight is 248 g/mol. The standard InChI is InChI=1S/C12H13FN4O/c13-11-4-2-10(3-5-11)12(18)14-6-1-8-17-9-7-15-16-17/h2-5,7,9H,1,6,8H2,(H,14,18). The second kappa shape index (κ2) is 5.90. The lowest BCUT2D eigenvalue weighted by Gasteiger charge is -2.05. The fourth-order valence-electron chi connectivity index (χ4n) is 1.50. The summed E-state index contributed by atoms with van der Waals surface area (Å²) in [6, 6.07) is 5.46. The molecule has 5 nitrogen and oxygen atoms in total. The average Bonchev–Trinajstić information content (AvgIpc) is 2.88. The van der Waals surface area contributed by atoms with Gasteiger partial charge in [0.25, 0.3) is 5.91 Å². The lowest BCUT2D eigenvalue weighted by Crippen LogP contribution is -2.25. The van der Waals surface area contributed by atoms with Gasteiger partial charge in [-0.2, -0.15) is 0 Å². The highest BCUT2D eigenvalue weighted by Gasteiger charge is 2.04. The zero-order valence-corrected chi connectivity index (χ0v) is 9.71. The van der Waals surface area contributed by atoms with E-state index in [9.17, 15) is 9.18 Å². The van der Waals surface area contributed by atoms with Gasteiger partial charge in [0, 0.05) is 24.8 Å². The molecule has 0 saturated heterocycles. The van der Waals surface area contributed by atoms with Crippen molar-refractivity contribution in [2.45, 2.75) is 13.0 Å². The van der Waals surface area contributed by atoms with Crippen LogP contribution in [-0.2, 0) is 6.54 Å². The third-order valence-corrected chi connectivity index (χ3v) is 2.43. The summed E-state index contributed by atoms with van der Waals surface area (Å²) in [5.41, 5.74) is 0.456. The Labute approximate surface area is 104 Å². The Hall–Kier alpha value is -2.24. The van der Waals surface area contributed by atoms with Crippen LogP contribution >= 0.6 is 0 Å². The molecular weight excluding hydrogens is 235 g/mol. The summed E-state index contributed by atoms with van der Waals surface area (Å²) in [4.78, 5) is 11.6. The van der Waals surface area contributed by atoms with Crippen molar-refractivity contribution in [1.29, 1.82) is 0 Å². The van der Waals surface area contributed by atoms with E-state index >= 15 is 0 Å². The summed E-state index contributed by atoms with van der Waals surface area (Å²) in [5.74, 6) is -0.550. The second-order valence-corrected chi connectivity index (χ2v) is 3.78. The first-order valence-corrected chi connectivity index (χ1v) is 5.63. The number of nitrogens with zero attached hydrogens (tertiary/aromatic N) is 3. The topological polar surface area (TPSA) is 59.8 Å².